The van der Waals surface area contributed by atoms with E-state index in [9.17, 15) is 9.90 Å². The van der Waals surface area contributed by atoms with Crippen LogP contribution in [0.2, 0.25) is 0 Å². The van der Waals surface area contributed by atoms with E-state index < -0.39 is 0 Å². The van der Waals surface area contributed by atoms with Crippen LogP contribution in [0.3, 0.4) is 0 Å². The molecule has 3 nitrogen and oxygen atoms in total. The Morgan fingerprint density at radius 2 is 1.73 bits per heavy atom. The number of fused-ring (bicyclic) bond motifs is 3. The molecule has 0 spiro atoms. The molecule has 1 saturated carbocycles. The topological polar surface area (TPSA) is 50.4 Å². The standard InChI is InChI=1S/C19H18O3/c20-14-8-5-13(6-9-14)18-11-17(21)16-10-7-12-3-1-2-4-15(12)19(16)22-18/h1-4,7,10-11,13-14,20H,5-6,8-9H2. The summed E-state index contributed by atoms with van der Waals surface area (Å²) in [7, 11) is 0. The molecule has 0 aliphatic heterocycles. The highest BCUT2D eigenvalue weighted by molar-refractivity contribution is 6.03. The Morgan fingerprint density at radius 3 is 2.55 bits per heavy atom. The van der Waals surface area contributed by atoms with Crippen LogP contribution in [0.1, 0.15) is 37.4 Å². The summed E-state index contributed by atoms with van der Waals surface area (Å²) in [4.78, 5) is 12.4. The van der Waals surface area contributed by atoms with Crippen LogP contribution in [-0.2, 0) is 0 Å². The van der Waals surface area contributed by atoms with Gasteiger partial charge in [0.25, 0.3) is 0 Å². The van der Waals surface area contributed by atoms with Gasteiger partial charge in [-0.15, -0.1) is 0 Å². The summed E-state index contributed by atoms with van der Waals surface area (Å²) >= 11 is 0. The summed E-state index contributed by atoms with van der Waals surface area (Å²) < 4.78 is 6.15. The maximum Gasteiger partial charge on any atom is 0.192 e. The van der Waals surface area contributed by atoms with Gasteiger partial charge in [-0.2, -0.15) is 0 Å². The van der Waals surface area contributed by atoms with E-state index in [4.69, 9.17) is 4.42 Å². The third kappa shape index (κ3) is 2.22. The Bertz CT molecular complexity index is 886. The molecule has 1 aliphatic carbocycles. The highest BCUT2D eigenvalue weighted by Crippen LogP contribution is 2.34. The average molecular weight is 294 g/mol. The minimum atomic E-state index is -0.204. The first-order chi connectivity index (χ1) is 10.7. The van der Waals surface area contributed by atoms with Gasteiger partial charge in [-0.3, -0.25) is 4.79 Å². The normalized spacial score (nSPS) is 22.2. The molecule has 0 radical (unpaired) electrons. The lowest BCUT2D eigenvalue weighted by atomic mass is 9.85. The molecule has 1 aromatic heterocycles. The molecule has 4 rings (SSSR count). The molecule has 0 saturated heterocycles. The van der Waals surface area contributed by atoms with Crippen LogP contribution < -0.4 is 5.43 Å². The van der Waals surface area contributed by atoms with E-state index in [1.807, 2.05) is 36.4 Å². The van der Waals surface area contributed by atoms with Crippen molar-refractivity contribution in [2.45, 2.75) is 37.7 Å². The monoisotopic (exact) mass is 294 g/mol. The van der Waals surface area contributed by atoms with Crippen LogP contribution in [0.25, 0.3) is 21.7 Å². The minimum Gasteiger partial charge on any atom is -0.460 e. The van der Waals surface area contributed by atoms with Crippen LogP contribution in [0.15, 0.2) is 51.7 Å². The number of rotatable bonds is 1. The zero-order valence-electron chi connectivity index (χ0n) is 12.3. The first-order valence-electron chi connectivity index (χ1n) is 7.86. The highest BCUT2D eigenvalue weighted by Gasteiger charge is 2.23. The summed E-state index contributed by atoms with van der Waals surface area (Å²) in [5, 5.41) is 12.3. The summed E-state index contributed by atoms with van der Waals surface area (Å²) in [6.45, 7) is 0. The van der Waals surface area contributed by atoms with Gasteiger partial charge in [0.05, 0.1) is 11.5 Å². The van der Waals surface area contributed by atoms with Gasteiger partial charge in [0.1, 0.15) is 11.3 Å². The number of benzene rings is 2. The van der Waals surface area contributed by atoms with Gasteiger partial charge < -0.3 is 9.52 Å². The first-order valence-corrected chi connectivity index (χ1v) is 7.86. The Balaban J connectivity index is 1.90. The fraction of sp³-hybridized carbons (Fsp3) is 0.316. The molecule has 3 heteroatoms. The van der Waals surface area contributed by atoms with Crippen LogP contribution in [0.5, 0.6) is 0 Å². The maximum absolute atomic E-state index is 12.4. The van der Waals surface area contributed by atoms with Gasteiger partial charge in [0.2, 0.25) is 0 Å². The van der Waals surface area contributed by atoms with E-state index in [0.717, 1.165) is 42.2 Å². The van der Waals surface area contributed by atoms with Crippen LogP contribution in [0, 0.1) is 0 Å². The minimum absolute atomic E-state index is 0.0214. The van der Waals surface area contributed by atoms with E-state index in [1.54, 1.807) is 6.07 Å². The number of aliphatic hydroxyl groups excluding tert-OH is 1. The molecule has 1 N–H and O–H groups in total. The molecule has 112 valence electrons. The molecule has 3 aromatic rings. The summed E-state index contributed by atoms with van der Waals surface area (Å²) in [5.74, 6) is 1.00. The SMILES string of the molecule is O=c1cc(C2CCC(O)CC2)oc2c1ccc1ccccc12. The second-order valence-corrected chi connectivity index (χ2v) is 6.18. The molecule has 2 aromatic carbocycles. The predicted molar refractivity (Wildman–Crippen MR) is 87.2 cm³/mol. The molecular formula is C19H18O3. The van der Waals surface area contributed by atoms with Crippen molar-refractivity contribution in [3.8, 4) is 0 Å². The van der Waals surface area contributed by atoms with Gasteiger partial charge in [0.15, 0.2) is 5.43 Å². The Hall–Kier alpha value is -2.13. The lowest BCUT2D eigenvalue weighted by Gasteiger charge is -2.24. The summed E-state index contributed by atoms with van der Waals surface area (Å²) in [6, 6.07) is 13.4. The van der Waals surface area contributed by atoms with Crippen LogP contribution >= 0.6 is 0 Å². The lowest BCUT2D eigenvalue weighted by molar-refractivity contribution is 0.119. The van der Waals surface area contributed by atoms with E-state index in [1.165, 1.54) is 0 Å². The molecule has 1 heterocycles. The van der Waals surface area contributed by atoms with E-state index in [0.29, 0.717) is 11.0 Å². The lowest BCUT2D eigenvalue weighted by Crippen LogP contribution is -2.18. The quantitative estimate of drug-likeness (QED) is 0.691. The molecule has 1 aliphatic rings. The van der Waals surface area contributed by atoms with E-state index in [-0.39, 0.29) is 17.5 Å². The third-order valence-corrected chi connectivity index (χ3v) is 4.74. The molecule has 0 amide bonds. The van der Waals surface area contributed by atoms with Gasteiger partial charge in [-0.1, -0.05) is 30.3 Å². The first kappa shape index (κ1) is 13.5. The number of hydrogen-bond acceptors (Lipinski definition) is 3. The van der Waals surface area contributed by atoms with Crippen molar-refractivity contribution >= 4 is 21.7 Å². The second-order valence-electron chi connectivity index (χ2n) is 6.18. The van der Waals surface area contributed by atoms with Crippen molar-refractivity contribution in [2.75, 3.05) is 0 Å². The summed E-state index contributed by atoms with van der Waals surface area (Å²) in [5.41, 5.74) is 0.708. The maximum atomic E-state index is 12.4. The average Bonchev–Trinajstić information content (AvgIpc) is 2.55. The Morgan fingerprint density at radius 1 is 0.955 bits per heavy atom. The van der Waals surface area contributed by atoms with Crippen molar-refractivity contribution in [3.63, 3.8) is 0 Å². The molecule has 22 heavy (non-hydrogen) atoms. The van der Waals surface area contributed by atoms with Gasteiger partial charge in [-0.25, -0.2) is 0 Å². The molecule has 0 bridgehead atoms. The summed E-state index contributed by atoms with van der Waals surface area (Å²) in [6.07, 6.45) is 3.11. The van der Waals surface area contributed by atoms with E-state index >= 15 is 0 Å². The zero-order valence-corrected chi connectivity index (χ0v) is 12.3. The Kier molecular flexibility index (Phi) is 3.23. The van der Waals surface area contributed by atoms with Crippen LogP contribution in [0.4, 0.5) is 0 Å². The Labute approximate surface area is 128 Å². The number of hydrogen-bond donors (Lipinski definition) is 1. The van der Waals surface area contributed by atoms with Gasteiger partial charge in [0, 0.05) is 17.4 Å². The largest absolute Gasteiger partial charge is 0.460 e. The second kappa shape index (κ2) is 5.25. The fourth-order valence-electron chi connectivity index (χ4n) is 3.46. The predicted octanol–water partition coefficient (Wildman–Crippen LogP) is 3.96. The molecule has 0 atom stereocenters. The third-order valence-electron chi connectivity index (χ3n) is 4.74. The van der Waals surface area contributed by atoms with Crippen molar-refractivity contribution in [1.82, 2.24) is 0 Å². The molecular weight excluding hydrogens is 276 g/mol. The van der Waals surface area contributed by atoms with Crippen LogP contribution in [-0.4, -0.2) is 11.2 Å². The zero-order chi connectivity index (χ0) is 15.1. The van der Waals surface area contributed by atoms with Crippen molar-refractivity contribution in [1.29, 1.82) is 0 Å². The van der Waals surface area contributed by atoms with Crippen molar-refractivity contribution in [2.24, 2.45) is 0 Å². The highest BCUT2D eigenvalue weighted by atomic mass is 16.3. The smallest absolute Gasteiger partial charge is 0.192 e. The van der Waals surface area contributed by atoms with E-state index in [2.05, 4.69) is 0 Å². The molecule has 0 unspecified atom stereocenters. The fourth-order valence-corrected chi connectivity index (χ4v) is 3.46. The molecule has 1 fully saturated rings. The number of aliphatic hydroxyl groups is 1. The van der Waals surface area contributed by atoms with Crippen molar-refractivity contribution in [3.05, 3.63) is 58.4 Å². The van der Waals surface area contributed by atoms with Crippen molar-refractivity contribution < 1.29 is 9.52 Å². The van der Waals surface area contributed by atoms with Gasteiger partial charge >= 0.3 is 0 Å². The van der Waals surface area contributed by atoms with Gasteiger partial charge in [-0.05, 0) is 37.1 Å².